The largest absolute Gasteiger partial charge is 0.493 e. The Bertz CT molecular complexity index is 410. The zero-order chi connectivity index (χ0) is 15.0. The number of nitrogens with one attached hydrogen (secondary N) is 1. The van der Waals surface area contributed by atoms with Gasteiger partial charge in [-0.1, -0.05) is 38.8 Å². The van der Waals surface area contributed by atoms with Crippen LogP contribution >= 0.6 is 11.6 Å². The van der Waals surface area contributed by atoms with Crippen molar-refractivity contribution in [3.63, 3.8) is 0 Å². The quantitative estimate of drug-likeness (QED) is 0.691. The third-order valence-corrected chi connectivity index (χ3v) is 3.53. The number of hydrogen-bond acceptors (Lipinski definition) is 3. The van der Waals surface area contributed by atoms with Crippen molar-refractivity contribution in [2.45, 2.75) is 40.2 Å². The van der Waals surface area contributed by atoms with Gasteiger partial charge in [0.15, 0.2) is 11.5 Å². The second kappa shape index (κ2) is 9.09. The molecule has 1 atom stereocenters. The molecule has 1 rings (SSSR count). The lowest BCUT2D eigenvalue weighted by Gasteiger charge is -2.16. The summed E-state index contributed by atoms with van der Waals surface area (Å²) in [5, 5.41) is 3.97. The predicted octanol–water partition coefficient (Wildman–Crippen LogP) is 4.27. The third kappa shape index (κ3) is 5.22. The molecule has 0 bridgehead atoms. The molecule has 0 spiro atoms. The number of halogens is 1. The Morgan fingerprint density at radius 1 is 1.30 bits per heavy atom. The highest BCUT2D eigenvalue weighted by Crippen LogP contribution is 2.36. The summed E-state index contributed by atoms with van der Waals surface area (Å²) in [6, 6.07) is 3.93. The van der Waals surface area contributed by atoms with E-state index < -0.39 is 0 Å². The van der Waals surface area contributed by atoms with E-state index in [-0.39, 0.29) is 0 Å². The van der Waals surface area contributed by atoms with E-state index in [1.165, 1.54) is 0 Å². The highest BCUT2D eigenvalue weighted by molar-refractivity contribution is 6.32. The maximum atomic E-state index is 6.32. The Balaban J connectivity index is 2.79. The molecule has 4 heteroatoms. The smallest absolute Gasteiger partial charge is 0.179 e. The van der Waals surface area contributed by atoms with Crippen LogP contribution in [-0.2, 0) is 6.54 Å². The Kier molecular flexibility index (Phi) is 7.78. The van der Waals surface area contributed by atoms with Crippen molar-refractivity contribution in [1.29, 1.82) is 0 Å². The van der Waals surface area contributed by atoms with E-state index in [1.807, 2.05) is 12.1 Å². The summed E-state index contributed by atoms with van der Waals surface area (Å²) in [6.07, 6.45) is 2.19. The maximum absolute atomic E-state index is 6.32. The van der Waals surface area contributed by atoms with Crippen molar-refractivity contribution in [2.24, 2.45) is 5.92 Å². The first-order chi connectivity index (χ1) is 9.62. The molecule has 0 amide bonds. The first kappa shape index (κ1) is 17.1. The average Bonchev–Trinajstić information content (AvgIpc) is 2.45. The molecule has 0 radical (unpaired) electrons. The SMILES string of the molecule is CCCNCc1cc(Cl)c(OCC(C)CC)c(OC)c1. The summed E-state index contributed by atoms with van der Waals surface area (Å²) in [5.41, 5.74) is 1.11. The van der Waals surface area contributed by atoms with Crippen molar-refractivity contribution in [2.75, 3.05) is 20.3 Å². The van der Waals surface area contributed by atoms with Gasteiger partial charge in [-0.05, 0) is 36.6 Å². The highest BCUT2D eigenvalue weighted by atomic mass is 35.5. The summed E-state index contributed by atoms with van der Waals surface area (Å²) in [4.78, 5) is 0. The van der Waals surface area contributed by atoms with Crippen molar-refractivity contribution >= 4 is 11.6 Å². The highest BCUT2D eigenvalue weighted by Gasteiger charge is 2.13. The van der Waals surface area contributed by atoms with Crippen LogP contribution in [0, 0.1) is 5.92 Å². The minimum absolute atomic E-state index is 0.502. The molecule has 0 aliphatic rings. The molecule has 1 aromatic carbocycles. The molecule has 0 heterocycles. The van der Waals surface area contributed by atoms with Crippen LogP contribution in [0.1, 0.15) is 39.2 Å². The zero-order valence-electron chi connectivity index (χ0n) is 13.0. The lowest BCUT2D eigenvalue weighted by Crippen LogP contribution is -2.14. The number of hydrogen-bond donors (Lipinski definition) is 1. The van der Waals surface area contributed by atoms with E-state index >= 15 is 0 Å². The summed E-state index contributed by atoms with van der Waals surface area (Å²) < 4.78 is 11.2. The van der Waals surface area contributed by atoms with Gasteiger partial charge in [0.2, 0.25) is 0 Å². The normalized spacial score (nSPS) is 12.2. The van der Waals surface area contributed by atoms with Crippen LogP contribution in [0.25, 0.3) is 0 Å². The van der Waals surface area contributed by atoms with Crippen LogP contribution in [-0.4, -0.2) is 20.3 Å². The molecular weight excluding hydrogens is 274 g/mol. The molecule has 1 unspecified atom stereocenters. The van der Waals surface area contributed by atoms with Gasteiger partial charge in [-0.25, -0.2) is 0 Å². The van der Waals surface area contributed by atoms with Gasteiger partial charge in [0.25, 0.3) is 0 Å². The van der Waals surface area contributed by atoms with Gasteiger partial charge < -0.3 is 14.8 Å². The number of benzene rings is 1. The van der Waals surface area contributed by atoms with Gasteiger partial charge in [-0.2, -0.15) is 0 Å². The summed E-state index contributed by atoms with van der Waals surface area (Å²) in [6.45, 7) is 8.88. The minimum Gasteiger partial charge on any atom is -0.493 e. The molecule has 0 aliphatic carbocycles. The molecule has 114 valence electrons. The maximum Gasteiger partial charge on any atom is 0.179 e. The molecule has 0 fully saturated rings. The Morgan fingerprint density at radius 2 is 2.05 bits per heavy atom. The van der Waals surface area contributed by atoms with E-state index in [4.69, 9.17) is 21.1 Å². The van der Waals surface area contributed by atoms with Crippen LogP contribution in [0.5, 0.6) is 11.5 Å². The second-order valence-corrected chi connectivity index (χ2v) is 5.52. The number of ether oxygens (including phenoxy) is 2. The Hall–Kier alpha value is -0.930. The van der Waals surface area contributed by atoms with Crippen LogP contribution in [0.3, 0.4) is 0 Å². The zero-order valence-corrected chi connectivity index (χ0v) is 13.7. The Labute approximate surface area is 127 Å². The van der Waals surface area contributed by atoms with Gasteiger partial charge >= 0.3 is 0 Å². The summed E-state index contributed by atoms with van der Waals surface area (Å²) >= 11 is 6.32. The molecule has 0 saturated heterocycles. The van der Waals surface area contributed by atoms with E-state index in [2.05, 4.69) is 26.1 Å². The van der Waals surface area contributed by atoms with Gasteiger partial charge in [-0.15, -0.1) is 0 Å². The van der Waals surface area contributed by atoms with Crippen LogP contribution < -0.4 is 14.8 Å². The van der Waals surface area contributed by atoms with Crippen LogP contribution in [0.15, 0.2) is 12.1 Å². The van der Waals surface area contributed by atoms with Crippen LogP contribution in [0.4, 0.5) is 0 Å². The molecule has 0 aliphatic heterocycles. The fourth-order valence-electron chi connectivity index (χ4n) is 1.77. The van der Waals surface area contributed by atoms with Gasteiger partial charge in [0.1, 0.15) is 0 Å². The summed E-state index contributed by atoms with van der Waals surface area (Å²) in [7, 11) is 1.64. The molecule has 0 saturated carbocycles. The van der Waals surface area contributed by atoms with Crippen LogP contribution in [0.2, 0.25) is 5.02 Å². The van der Waals surface area contributed by atoms with E-state index in [0.29, 0.717) is 29.0 Å². The van der Waals surface area contributed by atoms with Gasteiger partial charge in [0, 0.05) is 6.54 Å². The third-order valence-electron chi connectivity index (χ3n) is 3.25. The molecule has 0 aromatic heterocycles. The average molecular weight is 300 g/mol. The molecule has 3 nitrogen and oxygen atoms in total. The lowest BCUT2D eigenvalue weighted by atomic mass is 10.1. The standard InChI is InChI=1S/C16H26ClNO2/c1-5-7-18-10-13-8-14(17)16(15(9-13)19-4)20-11-12(3)6-2/h8-9,12,18H,5-7,10-11H2,1-4H3. The number of methoxy groups -OCH3 is 1. The molecule has 1 N–H and O–H groups in total. The first-order valence-electron chi connectivity index (χ1n) is 7.32. The predicted molar refractivity (Wildman–Crippen MR) is 85.0 cm³/mol. The lowest BCUT2D eigenvalue weighted by molar-refractivity contribution is 0.244. The first-order valence-corrected chi connectivity index (χ1v) is 7.70. The van der Waals surface area contributed by atoms with E-state index in [1.54, 1.807) is 7.11 Å². The fourth-order valence-corrected chi connectivity index (χ4v) is 2.06. The van der Waals surface area contributed by atoms with Crippen molar-refractivity contribution in [3.8, 4) is 11.5 Å². The van der Waals surface area contributed by atoms with Gasteiger partial charge in [0.05, 0.1) is 18.7 Å². The monoisotopic (exact) mass is 299 g/mol. The summed E-state index contributed by atoms with van der Waals surface area (Å²) in [5.74, 6) is 1.85. The molecular formula is C16H26ClNO2. The van der Waals surface area contributed by atoms with E-state index in [0.717, 1.165) is 31.5 Å². The number of rotatable bonds is 9. The topological polar surface area (TPSA) is 30.5 Å². The second-order valence-electron chi connectivity index (χ2n) is 5.11. The van der Waals surface area contributed by atoms with E-state index in [9.17, 15) is 0 Å². The fraction of sp³-hybridized carbons (Fsp3) is 0.625. The molecule has 1 aromatic rings. The Morgan fingerprint density at radius 3 is 2.65 bits per heavy atom. The van der Waals surface area contributed by atoms with Crippen molar-refractivity contribution in [3.05, 3.63) is 22.7 Å². The van der Waals surface area contributed by atoms with Crippen molar-refractivity contribution in [1.82, 2.24) is 5.32 Å². The van der Waals surface area contributed by atoms with Gasteiger partial charge in [-0.3, -0.25) is 0 Å². The molecule has 20 heavy (non-hydrogen) atoms. The van der Waals surface area contributed by atoms with Crippen molar-refractivity contribution < 1.29 is 9.47 Å². The minimum atomic E-state index is 0.502.